The molecule has 0 fully saturated rings. The van der Waals surface area contributed by atoms with Crippen LogP contribution in [-0.4, -0.2) is 34.3 Å². The number of nitrogens with one attached hydrogen (secondary N) is 2. The van der Waals surface area contributed by atoms with E-state index in [2.05, 4.69) is 10.6 Å². The van der Waals surface area contributed by atoms with Crippen LogP contribution in [0.5, 0.6) is 0 Å². The minimum Gasteiger partial charge on any atom is -0.394 e. The lowest BCUT2D eigenvalue weighted by Gasteiger charge is -2.12. The number of hydrogen-bond donors (Lipinski definition) is 3. The van der Waals surface area contributed by atoms with Crippen LogP contribution in [0.3, 0.4) is 0 Å². The van der Waals surface area contributed by atoms with Gasteiger partial charge < -0.3 is 15.7 Å². The van der Waals surface area contributed by atoms with E-state index < -0.39 is 16.8 Å². The third-order valence-electron chi connectivity index (χ3n) is 2.08. The maximum Gasteiger partial charge on any atom is 0.319 e. The summed E-state index contributed by atoms with van der Waals surface area (Å²) in [5, 5.41) is 13.9. The van der Waals surface area contributed by atoms with E-state index in [0.717, 1.165) is 0 Å². The van der Waals surface area contributed by atoms with Crippen molar-refractivity contribution in [3.8, 4) is 0 Å². The molecule has 0 heterocycles. The number of hydrogen-bond acceptors (Lipinski definition) is 3. The molecule has 17 heavy (non-hydrogen) atoms. The van der Waals surface area contributed by atoms with Gasteiger partial charge in [0.05, 0.1) is 12.6 Å². The van der Waals surface area contributed by atoms with Gasteiger partial charge in [-0.15, -0.1) is 0 Å². The number of amides is 2. The molecular formula is C11H16N2O3S. The van der Waals surface area contributed by atoms with Gasteiger partial charge >= 0.3 is 6.03 Å². The normalized spacial score (nSPS) is 13.8. The monoisotopic (exact) mass is 256 g/mol. The van der Waals surface area contributed by atoms with Crippen LogP contribution in [0.2, 0.25) is 0 Å². The van der Waals surface area contributed by atoms with Crippen molar-refractivity contribution in [2.45, 2.75) is 17.9 Å². The summed E-state index contributed by atoms with van der Waals surface area (Å²) in [4.78, 5) is 12.1. The first kappa shape index (κ1) is 13.7. The van der Waals surface area contributed by atoms with Crippen molar-refractivity contribution in [3.05, 3.63) is 24.3 Å². The molecule has 2 atom stereocenters. The first-order chi connectivity index (χ1) is 8.02. The Morgan fingerprint density at radius 2 is 2.24 bits per heavy atom. The average molecular weight is 256 g/mol. The largest absolute Gasteiger partial charge is 0.394 e. The molecule has 0 aliphatic rings. The molecule has 0 spiro atoms. The summed E-state index contributed by atoms with van der Waals surface area (Å²) in [6.07, 6.45) is 1.58. The fourth-order valence-electron chi connectivity index (χ4n) is 1.19. The van der Waals surface area contributed by atoms with Crippen LogP contribution in [0, 0.1) is 0 Å². The highest BCUT2D eigenvalue weighted by atomic mass is 32.2. The van der Waals surface area contributed by atoms with Crippen LogP contribution in [-0.2, 0) is 10.8 Å². The van der Waals surface area contributed by atoms with Crippen LogP contribution in [0.4, 0.5) is 10.5 Å². The Bertz CT molecular complexity index is 423. The first-order valence-corrected chi connectivity index (χ1v) is 6.70. The minimum absolute atomic E-state index is 0.119. The Labute approximate surface area is 103 Å². The topological polar surface area (TPSA) is 78.4 Å². The van der Waals surface area contributed by atoms with E-state index in [1.807, 2.05) is 0 Å². The maximum absolute atomic E-state index is 11.5. The number of urea groups is 1. The molecule has 94 valence electrons. The van der Waals surface area contributed by atoms with E-state index in [0.29, 0.717) is 10.6 Å². The molecule has 6 heteroatoms. The Morgan fingerprint density at radius 3 is 2.82 bits per heavy atom. The van der Waals surface area contributed by atoms with Crippen molar-refractivity contribution >= 4 is 22.5 Å². The summed E-state index contributed by atoms with van der Waals surface area (Å²) in [6.45, 7) is 1.57. The van der Waals surface area contributed by atoms with Gasteiger partial charge in [0.2, 0.25) is 0 Å². The van der Waals surface area contributed by atoms with Gasteiger partial charge in [0, 0.05) is 27.6 Å². The lowest BCUT2D eigenvalue weighted by Crippen LogP contribution is -2.38. The lowest BCUT2D eigenvalue weighted by molar-refractivity contribution is 0.229. The smallest absolute Gasteiger partial charge is 0.319 e. The van der Waals surface area contributed by atoms with E-state index in [1.165, 1.54) is 0 Å². The number of rotatable bonds is 4. The third kappa shape index (κ3) is 4.54. The SMILES string of the molecule is CC(CO)NC(=O)Nc1cccc(S(C)=O)c1. The van der Waals surface area contributed by atoms with E-state index in [9.17, 15) is 9.00 Å². The molecule has 0 aliphatic carbocycles. The van der Waals surface area contributed by atoms with Crippen molar-refractivity contribution in [1.29, 1.82) is 0 Å². The Balaban J connectivity index is 2.65. The molecule has 0 saturated heterocycles. The summed E-state index contributed by atoms with van der Waals surface area (Å²) < 4.78 is 11.3. The molecule has 2 unspecified atom stereocenters. The quantitative estimate of drug-likeness (QED) is 0.749. The molecule has 0 bridgehead atoms. The van der Waals surface area contributed by atoms with Crippen LogP contribution in [0.15, 0.2) is 29.2 Å². The Kier molecular flexibility index (Phi) is 5.11. The predicted octanol–water partition coefficient (Wildman–Crippen LogP) is 0.926. The Hall–Kier alpha value is -1.40. The fraction of sp³-hybridized carbons (Fsp3) is 0.364. The number of carbonyl (C=O) groups excluding carboxylic acids is 1. The van der Waals surface area contributed by atoms with E-state index >= 15 is 0 Å². The minimum atomic E-state index is -1.08. The van der Waals surface area contributed by atoms with Crippen LogP contribution < -0.4 is 10.6 Å². The summed E-state index contributed by atoms with van der Waals surface area (Å²) in [5.41, 5.74) is 0.570. The standard InChI is InChI=1S/C11H16N2O3S/c1-8(7-14)12-11(15)13-9-4-3-5-10(6-9)17(2)16/h3-6,8,14H,7H2,1-2H3,(H2,12,13,15). The fourth-order valence-corrected chi connectivity index (χ4v) is 1.75. The summed E-state index contributed by atoms with van der Waals surface area (Å²) in [6, 6.07) is 6.11. The molecule has 0 aromatic heterocycles. The van der Waals surface area contributed by atoms with Gasteiger partial charge in [-0.2, -0.15) is 0 Å². The average Bonchev–Trinajstić information content (AvgIpc) is 2.28. The molecule has 0 radical (unpaired) electrons. The predicted molar refractivity (Wildman–Crippen MR) is 67.5 cm³/mol. The van der Waals surface area contributed by atoms with E-state index in [4.69, 9.17) is 5.11 Å². The highest BCUT2D eigenvalue weighted by Gasteiger charge is 2.06. The molecule has 0 saturated carbocycles. The van der Waals surface area contributed by atoms with Gasteiger partial charge in [-0.25, -0.2) is 4.79 Å². The number of aliphatic hydroxyl groups is 1. The van der Waals surface area contributed by atoms with Crippen molar-refractivity contribution in [2.24, 2.45) is 0 Å². The van der Waals surface area contributed by atoms with Gasteiger partial charge in [-0.1, -0.05) is 6.07 Å². The zero-order valence-electron chi connectivity index (χ0n) is 9.77. The van der Waals surface area contributed by atoms with Gasteiger partial charge in [-0.05, 0) is 25.1 Å². The van der Waals surface area contributed by atoms with Gasteiger partial charge in [0.25, 0.3) is 0 Å². The number of anilines is 1. The number of benzene rings is 1. The van der Waals surface area contributed by atoms with Gasteiger partial charge in [0.15, 0.2) is 0 Å². The molecular weight excluding hydrogens is 240 g/mol. The van der Waals surface area contributed by atoms with Crippen LogP contribution >= 0.6 is 0 Å². The van der Waals surface area contributed by atoms with Crippen molar-refractivity contribution < 1.29 is 14.1 Å². The van der Waals surface area contributed by atoms with Gasteiger partial charge in [-0.3, -0.25) is 4.21 Å². The van der Waals surface area contributed by atoms with Crippen molar-refractivity contribution in [1.82, 2.24) is 5.32 Å². The summed E-state index contributed by atoms with van der Waals surface area (Å²) in [5.74, 6) is 0. The second-order valence-corrected chi connectivity index (χ2v) is 5.04. The molecule has 5 nitrogen and oxygen atoms in total. The maximum atomic E-state index is 11.5. The molecule has 1 aromatic carbocycles. The van der Waals surface area contributed by atoms with Gasteiger partial charge in [0.1, 0.15) is 0 Å². The molecule has 2 amide bonds. The highest BCUT2D eigenvalue weighted by Crippen LogP contribution is 2.12. The van der Waals surface area contributed by atoms with Crippen molar-refractivity contribution in [2.75, 3.05) is 18.2 Å². The highest BCUT2D eigenvalue weighted by molar-refractivity contribution is 7.84. The zero-order chi connectivity index (χ0) is 12.8. The number of carbonyl (C=O) groups is 1. The second-order valence-electron chi connectivity index (χ2n) is 3.66. The second kappa shape index (κ2) is 6.36. The summed E-state index contributed by atoms with van der Waals surface area (Å²) in [7, 11) is -1.08. The van der Waals surface area contributed by atoms with Crippen LogP contribution in [0.25, 0.3) is 0 Å². The van der Waals surface area contributed by atoms with Crippen molar-refractivity contribution in [3.63, 3.8) is 0 Å². The lowest BCUT2D eigenvalue weighted by atomic mass is 10.3. The molecule has 0 aliphatic heterocycles. The number of aliphatic hydroxyl groups excluding tert-OH is 1. The molecule has 1 aromatic rings. The van der Waals surface area contributed by atoms with Crippen LogP contribution in [0.1, 0.15) is 6.92 Å². The summed E-state index contributed by atoms with van der Waals surface area (Å²) >= 11 is 0. The third-order valence-corrected chi connectivity index (χ3v) is 2.99. The van der Waals surface area contributed by atoms with E-state index in [1.54, 1.807) is 37.4 Å². The molecule has 3 N–H and O–H groups in total. The molecule has 1 rings (SSSR count). The Morgan fingerprint density at radius 1 is 1.53 bits per heavy atom. The zero-order valence-corrected chi connectivity index (χ0v) is 10.6. The first-order valence-electron chi connectivity index (χ1n) is 5.15. The van der Waals surface area contributed by atoms with E-state index in [-0.39, 0.29) is 12.6 Å².